The number of primary amides is 1. The van der Waals surface area contributed by atoms with Gasteiger partial charge in [-0.05, 0) is 48.1 Å². The number of hydrogen-bond donors (Lipinski definition) is 1. The fourth-order valence-corrected chi connectivity index (χ4v) is 7.10. The van der Waals surface area contributed by atoms with Crippen LogP contribution in [0.1, 0.15) is 36.6 Å². The van der Waals surface area contributed by atoms with Crippen molar-refractivity contribution in [2.45, 2.75) is 31.6 Å². The lowest BCUT2D eigenvalue weighted by atomic mass is 9.77. The average molecular weight is 638 g/mol. The van der Waals surface area contributed by atoms with Crippen LogP contribution < -0.4 is 29.6 Å². The summed E-state index contributed by atoms with van der Waals surface area (Å²) in [7, 11) is 4.10. The number of anilines is 1. The smallest absolute Gasteiger partial charge is 0.245 e. The molecule has 4 heterocycles. The van der Waals surface area contributed by atoms with Crippen LogP contribution in [-0.4, -0.2) is 75.0 Å². The third-order valence-electron chi connectivity index (χ3n) is 9.64. The molecule has 2 amide bonds. The number of amides is 2. The maximum absolute atomic E-state index is 14.5. The summed E-state index contributed by atoms with van der Waals surface area (Å²) in [5, 5.41) is 2.09. The summed E-state index contributed by atoms with van der Waals surface area (Å²) in [5.41, 5.74) is 8.34. The van der Waals surface area contributed by atoms with Crippen molar-refractivity contribution in [1.82, 2.24) is 4.98 Å². The van der Waals surface area contributed by atoms with Crippen LogP contribution in [0.4, 0.5) is 5.69 Å². The molecule has 4 aromatic rings. The molecule has 2 atom stereocenters. The van der Waals surface area contributed by atoms with Crippen molar-refractivity contribution in [3.05, 3.63) is 83.6 Å². The number of aromatic nitrogens is 1. The van der Waals surface area contributed by atoms with E-state index >= 15 is 0 Å². The molecule has 10 nitrogen and oxygen atoms in total. The van der Waals surface area contributed by atoms with Crippen molar-refractivity contribution in [2.75, 3.05) is 58.6 Å². The first-order chi connectivity index (χ1) is 22.7. The zero-order valence-corrected chi connectivity index (χ0v) is 27.2. The van der Waals surface area contributed by atoms with E-state index in [2.05, 4.69) is 19.1 Å². The predicted molar refractivity (Wildman–Crippen MR) is 178 cm³/mol. The molecule has 244 valence electrons. The highest BCUT2D eigenvalue weighted by molar-refractivity contribution is 6.12. The van der Waals surface area contributed by atoms with Crippen LogP contribution in [0.5, 0.6) is 23.1 Å². The number of fused-ring (bicyclic) bond motifs is 6. The van der Waals surface area contributed by atoms with Crippen LogP contribution in [0.15, 0.2) is 66.7 Å². The van der Waals surface area contributed by atoms with E-state index in [1.54, 1.807) is 11.0 Å². The van der Waals surface area contributed by atoms with E-state index in [1.165, 1.54) is 0 Å². The number of rotatable bonds is 12. The van der Waals surface area contributed by atoms with Crippen molar-refractivity contribution in [3.63, 3.8) is 0 Å². The lowest BCUT2D eigenvalue weighted by Gasteiger charge is -2.34. The fraction of sp³-hybridized carbons (Fsp3) is 0.378. The molecular formula is C37H41N4O6+. The van der Waals surface area contributed by atoms with Crippen LogP contribution in [0, 0.1) is 5.92 Å². The predicted octanol–water partition coefficient (Wildman–Crippen LogP) is 4.59. The third kappa shape index (κ3) is 5.50. The van der Waals surface area contributed by atoms with E-state index in [0.717, 1.165) is 52.5 Å². The Hall–Kier alpha value is -4.83. The molecule has 2 N–H and O–H groups in total. The Labute approximate surface area is 274 Å². The van der Waals surface area contributed by atoms with Gasteiger partial charge in [-0.1, -0.05) is 49.7 Å². The number of hydrogen-bond acceptors (Lipinski definition) is 7. The summed E-state index contributed by atoms with van der Waals surface area (Å²) < 4.78 is 24.1. The highest BCUT2D eigenvalue weighted by Crippen LogP contribution is 2.55. The van der Waals surface area contributed by atoms with E-state index in [0.29, 0.717) is 47.3 Å². The SMILES string of the molecule is CCCCc1cc2ccccc2c(OCC[N+](C)(C)CC(CN2C(=O)C3(COc4cc5c(cc43)OCO5)c3ccccc32)C(N)=O)n1. The number of nitrogens with two attached hydrogens (primary N) is 1. The molecule has 0 saturated carbocycles. The topological polar surface area (TPSA) is 113 Å². The maximum Gasteiger partial charge on any atom is 0.245 e. The molecule has 0 aliphatic carbocycles. The molecule has 10 heteroatoms. The summed E-state index contributed by atoms with van der Waals surface area (Å²) in [6.07, 6.45) is 3.07. The lowest BCUT2D eigenvalue weighted by Crippen LogP contribution is -2.53. The Morgan fingerprint density at radius 3 is 2.60 bits per heavy atom. The van der Waals surface area contributed by atoms with Crippen LogP contribution in [0.3, 0.4) is 0 Å². The molecule has 0 radical (unpaired) electrons. The maximum atomic E-state index is 14.5. The molecule has 2 unspecified atom stereocenters. The van der Waals surface area contributed by atoms with Crippen LogP contribution in [-0.2, 0) is 21.4 Å². The highest BCUT2D eigenvalue weighted by Gasteiger charge is 2.57. The highest BCUT2D eigenvalue weighted by atomic mass is 16.7. The van der Waals surface area contributed by atoms with Gasteiger partial charge in [-0.2, -0.15) is 0 Å². The largest absolute Gasteiger partial charge is 0.491 e. The number of likely N-dealkylation sites (N-methyl/N-ethyl adjacent to an activating group) is 1. The number of ether oxygens (including phenoxy) is 4. The Morgan fingerprint density at radius 2 is 1.79 bits per heavy atom. The summed E-state index contributed by atoms with van der Waals surface area (Å²) >= 11 is 0. The summed E-state index contributed by atoms with van der Waals surface area (Å²) in [4.78, 5) is 34.0. The molecule has 1 spiro atoms. The Morgan fingerprint density at radius 1 is 1.02 bits per heavy atom. The van der Waals surface area contributed by atoms with Gasteiger partial charge >= 0.3 is 0 Å². The number of benzene rings is 3. The van der Waals surface area contributed by atoms with Crippen LogP contribution >= 0.6 is 0 Å². The molecule has 1 aromatic heterocycles. The average Bonchev–Trinajstić information content (AvgIpc) is 3.74. The molecule has 7 rings (SSSR count). The minimum Gasteiger partial charge on any atom is -0.491 e. The minimum atomic E-state index is -1.05. The first-order valence-corrected chi connectivity index (χ1v) is 16.3. The van der Waals surface area contributed by atoms with E-state index < -0.39 is 17.2 Å². The van der Waals surface area contributed by atoms with E-state index in [9.17, 15) is 9.59 Å². The van der Waals surface area contributed by atoms with Crippen LogP contribution in [0.2, 0.25) is 0 Å². The molecule has 3 aromatic carbocycles. The van der Waals surface area contributed by atoms with Gasteiger partial charge < -0.3 is 34.1 Å². The number of pyridine rings is 1. The number of unbranched alkanes of at least 4 members (excludes halogenated alkanes) is 1. The number of aryl methyl sites for hydroxylation is 1. The summed E-state index contributed by atoms with van der Waals surface area (Å²) in [5.74, 6) is 1.22. The number of quaternary nitrogens is 1. The molecular weight excluding hydrogens is 596 g/mol. The van der Waals surface area contributed by atoms with Crippen molar-refractivity contribution < 1.29 is 33.0 Å². The lowest BCUT2D eigenvalue weighted by molar-refractivity contribution is -0.892. The number of para-hydroxylation sites is 1. The Bertz CT molecular complexity index is 1860. The van der Waals surface area contributed by atoms with Crippen molar-refractivity contribution in [3.8, 4) is 23.1 Å². The van der Waals surface area contributed by atoms with Gasteiger partial charge in [-0.25, -0.2) is 4.98 Å². The van der Waals surface area contributed by atoms with Gasteiger partial charge in [0.25, 0.3) is 0 Å². The van der Waals surface area contributed by atoms with E-state index in [4.69, 9.17) is 29.7 Å². The number of carbonyl (C=O) groups excluding carboxylic acids is 2. The van der Waals surface area contributed by atoms with Gasteiger partial charge in [0, 0.05) is 34.9 Å². The molecule has 3 aliphatic heterocycles. The van der Waals surface area contributed by atoms with Gasteiger partial charge in [0.1, 0.15) is 36.8 Å². The number of nitrogens with zero attached hydrogens (tertiary/aromatic N) is 3. The zero-order chi connectivity index (χ0) is 32.8. The molecule has 3 aliphatic rings. The van der Waals surface area contributed by atoms with E-state index in [1.807, 2.05) is 62.6 Å². The second-order valence-corrected chi connectivity index (χ2v) is 13.4. The molecule has 0 saturated heterocycles. The second-order valence-electron chi connectivity index (χ2n) is 13.4. The first kappa shape index (κ1) is 30.8. The van der Waals surface area contributed by atoms with Gasteiger partial charge in [0.2, 0.25) is 24.5 Å². The minimum absolute atomic E-state index is 0.125. The fourth-order valence-electron chi connectivity index (χ4n) is 7.10. The van der Waals surface area contributed by atoms with Crippen molar-refractivity contribution >= 4 is 28.3 Å². The Kier molecular flexibility index (Phi) is 7.91. The van der Waals surface area contributed by atoms with Gasteiger partial charge in [-0.3, -0.25) is 9.59 Å². The monoisotopic (exact) mass is 637 g/mol. The van der Waals surface area contributed by atoms with Crippen LogP contribution in [0.25, 0.3) is 10.8 Å². The first-order valence-electron chi connectivity index (χ1n) is 16.3. The number of carbonyl (C=O) groups is 2. The second kappa shape index (κ2) is 12.1. The Balaban J connectivity index is 1.08. The van der Waals surface area contributed by atoms with Gasteiger partial charge in [0.05, 0.1) is 20.6 Å². The van der Waals surface area contributed by atoms with E-state index in [-0.39, 0.29) is 25.9 Å². The molecule has 47 heavy (non-hydrogen) atoms. The van der Waals surface area contributed by atoms with Crippen molar-refractivity contribution in [2.24, 2.45) is 11.7 Å². The summed E-state index contributed by atoms with van der Waals surface area (Å²) in [6.45, 7) is 4.05. The summed E-state index contributed by atoms with van der Waals surface area (Å²) in [6, 6.07) is 21.6. The van der Waals surface area contributed by atoms with Gasteiger partial charge in [-0.15, -0.1) is 0 Å². The molecule has 0 fully saturated rings. The standard InChI is InChI=1S/C37H40N4O6/c1-4-5-11-26-17-24-10-6-7-12-27(24)35(39-26)44-16-15-41(2,3)21-25(34(38)42)20-40-30-14-9-8-13-28(30)37(36(40)43)22-45-31-19-33-32(18-29(31)37)46-23-47-33/h6-10,12-14,17-19,25H,4-5,11,15-16,20-23H2,1-3H3,(H-,38,42)/p+1. The van der Waals surface area contributed by atoms with Crippen molar-refractivity contribution in [1.29, 1.82) is 0 Å². The zero-order valence-electron chi connectivity index (χ0n) is 27.2. The molecule has 0 bridgehead atoms. The third-order valence-corrected chi connectivity index (χ3v) is 9.64. The normalized spacial score (nSPS) is 18.4. The quantitative estimate of drug-likeness (QED) is 0.226. The van der Waals surface area contributed by atoms with Gasteiger partial charge in [0.15, 0.2) is 11.5 Å².